The molecule has 4 rings (SSSR count). The molecule has 4 aromatic rings. The lowest BCUT2D eigenvalue weighted by Gasteiger charge is -2.14. The maximum atomic E-state index is 13.4. The van der Waals surface area contributed by atoms with E-state index in [1.807, 2.05) is 24.3 Å². The first kappa shape index (κ1) is 25.9. The van der Waals surface area contributed by atoms with E-state index in [-0.39, 0.29) is 11.7 Å². The number of halogens is 1. The first-order valence-corrected chi connectivity index (χ1v) is 13.3. The average molecular weight is 550 g/mol. The number of benzene rings is 2. The van der Waals surface area contributed by atoms with Gasteiger partial charge in [-0.1, -0.05) is 36.2 Å². The number of aryl methyl sites for hydroxylation is 2. The Balaban J connectivity index is 1.70. The van der Waals surface area contributed by atoms with Gasteiger partial charge in [0.05, 0.1) is 23.2 Å². The van der Waals surface area contributed by atoms with Gasteiger partial charge in [-0.05, 0) is 82.1 Å². The second-order valence-electron chi connectivity index (χ2n) is 9.15. The Labute approximate surface area is 220 Å². The zero-order chi connectivity index (χ0) is 25.8. The Hall–Kier alpha value is -3.19. The van der Waals surface area contributed by atoms with Crippen molar-refractivity contribution >= 4 is 33.0 Å². The van der Waals surface area contributed by atoms with Crippen LogP contribution in [0.2, 0.25) is 0 Å². The minimum atomic E-state index is -0.158. The Morgan fingerprint density at radius 2 is 1.86 bits per heavy atom. The molecule has 6 nitrogen and oxygen atoms in total. The molecule has 2 aromatic heterocycles. The summed E-state index contributed by atoms with van der Waals surface area (Å²) in [7, 11) is 0. The maximum absolute atomic E-state index is 13.4. The standard InChI is InChI=1S/C29H33BrN4O2/c1-6-8-9-28-32-27-15-10-23(30)17-26(27)29(35)34(28)31-18-22-16-19(3)33(21(22)5)24-11-13-25(14-12-24)36-20(4)7-2/h10-18,20H,6-9H2,1-5H3/t20-/m0/s1. The molecule has 0 aliphatic rings. The van der Waals surface area contributed by atoms with Crippen LogP contribution in [0, 0.1) is 13.8 Å². The molecule has 0 radical (unpaired) electrons. The number of hydrogen-bond acceptors (Lipinski definition) is 4. The van der Waals surface area contributed by atoms with Crippen molar-refractivity contribution in [1.82, 2.24) is 14.2 Å². The predicted molar refractivity (Wildman–Crippen MR) is 151 cm³/mol. The molecule has 0 saturated carbocycles. The topological polar surface area (TPSA) is 61.4 Å². The van der Waals surface area contributed by atoms with E-state index in [0.29, 0.717) is 23.1 Å². The van der Waals surface area contributed by atoms with Gasteiger partial charge in [-0.2, -0.15) is 9.78 Å². The molecule has 0 amide bonds. The van der Waals surface area contributed by atoms with Crippen LogP contribution in [-0.4, -0.2) is 26.5 Å². The molecule has 0 N–H and O–H groups in total. The molecule has 188 valence electrons. The Morgan fingerprint density at radius 3 is 2.56 bits per heavy atom. The minimum Gasteiger partial charge on any atom is -0.491 e. The molecule has 1 atom stereocenters. The first-order valence-electron chi connectivity index (χ1n) is 12.5. The molecular formula is C29H33BrN4O2. The summed E-state index contributed by atoms with van der Waals surface area (Å²) in [5.41, 5.74) is 4.68. The zero-order valence-electron chi connectivity index (χ0n) is 21.6. The number of hydrogen-bond donors (Lipinski definition) is 0. The third-order valence-corrected chi connectivity index (χ3v) is 6.91. The Kier molecular flexibility index (Phi) is 8.09. The van der Waals surface area contributed by atoms with Crippen LogP contribution in [0.1, 0.15) is 62.8 Å². The predicted octanol–water partition coefficient (Wildman–Crippen LogP) is 6.97. The lowest BCUT2D eigenvalue weighted by atomic mass is 10.2. The Morgan fingerprint density at radius 1 is 1.11 bits per heavy atom. The van der Waals surface area contributed by atoms with Crippen LogP contribution in [0.25, 0.3) is 16.6 Å². The summed E-state index contributed by atoms with van der Waals surface area (Å²) >= 11 is 3.46. The molecule has 0 aliphatic carbocycles. The average Bonchev–Trinajstić information content (AvgIpc) is 3.15. The number of unbranched alkanes of at least 4 members (excludes halogenated alkanes) is 1. The molecule has 0 aliphatic heterocycles. The SMILES string of the molecule is CCCCc1nc2ccc(Br)cc2c(=O)n1N=Cc1cc(C)n(-c2ccc(O[C@@H](C)CC)cc2)c1C. The minimum absolute atomic E-state index is 0.158. The Bertz CT molecular complexity index is 1450. The zero-order valence-corrected chi connectivity index (χ0v) is 23.2. The summed E-state index contributed by atoms with van der Waals surface area (Å²) in [5, 5.41) is 5.19. The quantitative estimate of drug-likeness (QED) is 0.212. The fourth-order valence-electron chi connectivity index (χ4n) is 4.24. The molecule has 0 saturated heterocycles. The summed E-state index contributed by atoms with van der Waals surface area (Å²) in [5.74, 6) is 1.55. The molecule has 36 heavy (non-hydrogen) atoms. The van der Waals surface area contributed by atoms with Crippen LogP contribution in [0.3, 0.4) is 0 Å². The van der Waals surface area contributed by atoms with Crippen LogP contribution in [-0.2, 0) is 6.42 Å². The van der Waals surface area contributed by atoms with Crippen LogP contribution in [0.4, 0.5) is 0 Å². The summed E-state index contributed by atoms with van der Waals surface area (Å²) in [6.07, 6.45) is 5.56. The van der Waals surface area contributed by atoms with Crippen molar-refractivity contribution in [2.24, 2.45) is 5.10 Å². The fourth-order valence-corrected chi connectivity index (χ4v) is 4.60. The van der Waals surface area contributed by atoms with Gasteiger partial charge in [0.25, 0.3) is 5.56 Å². The van der Waals surface area contributed by atoms with Crippen LogP contribution >= 0.6 is 15.9 Å². The van der Waals surface area contributed by atoms with Crippen molar-refractivity contribution in [3.05, 3.63) is 86.1 Å². The molecule has 2 aromatic carbocycles. The van der Waals surface area contributed by atoms with Gasteiger partial charge in [-0.3, -0.25) is 4.79 Å². The van der Waals surface area contributed by atoms with Gasteiger partial charge in [0.1, 0.15) is 11.6 Å². The second kappa shape index (κ2) is 11.2. The van der Waals surface area contributed by atoms with Crippen molar-refractivity contribution in [3.63, 3.8) is 0 Å². The van der Waals surface area contributed by atoms with E-state index >= 15 is 0 Å². The largest absolute Gasteiger partial charge is 0.491 e. The van der Waals surface area contributed by atoms with Gasteiger partial charge in [0, 0.05) is 33.5 Å². The summed E-state index contributed by atoms with van der Waals surface area (Å²) in [4.78, 5) is 18.1. The maximum Gasteiger partial charge on any atom is 0.282 e. The van der Waals surface area contributed by atoms with E-state index < -0.39 is 0 Å². The smallest absolute Gasteiger partial charge is 0.282 e. The molecular weight excluding hydrogens is 516 g/mol. The number of ether oxygens (including phenoxy) is 1. The highest BCUT2D eigenvalue weighted by Gasteiger charge is 2.13. The highest BCUT2D eigenvalue weighted by atomic mass is 79.9. The van der Waals surface area contributed by atoms with Crippen molar-refractivity contribution in [2.75, 3.05) is 0 Å². The summed E-state index contributed by atoms with van der Waals surface area (Å²) in [6.45, 7) is 10.4. The molecule has 0 spiro atoms. The highest BCUT2D eigenvalue weighted by Crippen LogP contribution is 2.23. The van der Waals surface area contributed by atoms with Crippen molar-refractivity contribution < 1.29 is 4.74 Å². The lowest BCUT2D eigenvalue weighted by Crippen LogP contribution is -2.22. The summed E-state index contributed by atoms with van der Waals surface area (Å²) < 4.78 is 10.4. The molecule has 7 heteroatoms. The van der Waals surface area contributed by atoms with Gasteiger partial charge in [0.2, 0.25) is 0 Å². The van der Waals surface area contributed by atoms with Gasteiger partial charge < -0.3 is 9.30 Å². The normalized spacial score (nSPS) is 12.5. The summed E-state index contributed by atoms with van der Waals surface area (Å²) in [6, 6.07) is 15.8. The third-order valence-electron chi connectivity index (χ3n) is 6.42. The van der Waals surface area contributed by atoms with Gasteiger partial charge >= 0.3 is 0 Å². The lowest BCUT2D eigenvalue weighted by molar-refractivity contribution is 0.217. The monoisotopic (exact) mass is 548 g/mol. The van der Waals surface area contributed by atoms with Crippen molar-refractivity contribution in [2.45, 2.75) is 66.4 Å². The first-order chi connectivity index (χ1) is 17.3. The van der Waals surface area contributed by atoms with E-state index in [2.05, 4.69) is 78.4 Å². The molecule has 0 bridgehead atoms. The number of aromatic nitrogens is 3. The van der Waals surface area contributed by atoms with E-state index in [0.717, 1.165) is 52.1 Å². The molecule has 0 fully saturated rings. The third kappa shape index (κ3) is 5.46. The van der Waals surface area contributed by atoms with Crippen LogP contribution < -0.4 is 10.3 Å². The van der Waals surface area contributed by atoms with Crippen LogP contribution in [0.15, 0.2) is 62.9 Å². The van der Waals surface area contributed by atoms with E-state index in [9.17, 15) is 4.79 Å². The second-order valence-corrected chi connectivity index (χ2v) is 10.1. The van der Waals surface area contributed by atoms with Gasteiger partial charge in [0.15, 0.2) is 0 Å². The fraction of sp³-hybridized carbons (Fsp3) is 0.345. The van der Waals surface area contributed by atoms with Crippen LogP contribution in [0.5, 0.6) is 5.75 Å². The van der Waals surface area contributed by atoms with Crippen molar-refractivity contribution in [3.8, 4) is 11.4 Å². The van der Waals surface area contributed by atoms with Gasteiger partial charge in [-0.15, -0.1) is 0 Å². The van der Waals surface area contributed by atoms with Gasteiger partial charge in [-0.25, -0.2) is 4.98 Å². The molecule has 2 heterocycles. The number of fused-ring (bicyclic) bond motifs is 1. The highest BCUT2D eigenvalue weighted by molar-refractivity contribution is 9.10. The van der Waals surface area contributed by atoms with E-state index in [1.165, 1.54) is 4.68 Å². The number of rotatable bonds is 9. The van der Waals surface area contributed by atoms with Crippen molar-refractivity contribution in [1.29, 1.82) is 0 Å². The van der Waals surface area contributed by atoms with E-state index in [4.69, 9.17) is 9.72 Å². The molecule has 0 unspecified atom stereocenters. The number of nitrogens with zero attached hydrogens (tertiary/aromatic N) is 4. The van der Waals surface area contributed by atoms with E-state index in [1.54, 1.807) is 12.3 Å².